The van der Waals surface area contributed by atoms with Crippen LogP contribution in [0.4, 0.5) is 5.69 Å². The van der Waals surface area contributed by atoms with Gasteiger partial charge in [0.1, 0.15) is 12.6 Å². The fourth-order valence-electron chi connectivity index (χ4n) is 4.96. The van der Waals surface area contributed by atoms with Crippen LogP contribution in [0, 0.1) is 6.92 Å². The molecule has 1 atom stereocenters. The number of hydrogen-bond acceptors (Lipinski definition) is 4. The number of nitrogens with zero attached hydrogens (tertiary/aromatic N) is 2. The van der Waals surface area contributed by atoms with Crippen molar-refractivity contribution in [2.75, 3.05) is 10.8 Å². The number of benzene rings is 3. The number of nitrogens with one attached hydrogen (secondary N) is 1. The monoisotopic (exact) mass is 649 g/mol. The molecule has 1 saturated carbocycles. The van der Waals surface area contributed by atoms with Crippen LogP contribution in [0.25, 0.3) is 0 Å². The Labute approximate surface area is 262 Å². The second kappa shape index (κ2) is 14.1. The lowest BCUT2D eigenvalue weighted by Crippen LogP contribution is -2.53. The number of anilines is 1. The van der Waals surface area contributed by atoms with E-state index in [1.807, 2.05) is 6.92 Å². The molecule has 2 amide bonds. The van der Waals surface area contributed by atoms with E-state index in [-0.39, 0.29) is 23.4 Å². The van der Waals surface area contributed by atoms with Crippen LogP contribution in [0.15, 0.2) is 71.6 Å². The highest BCUT2D eigenvalue weighted by atomic mass is 35.5. The van der Waals surface area contributed by atoms with Crippen molar-refractivity contribution in [3.05, 3.63) is 92.9 Å². The third-order valence-corrected chi connectivity index (χ3v) is 10.1. The summed E-state index contributed by atoms with van der Waals surface area (Å²) in [5.74, 6) is -0.867. The van der Waals surface area contributed by atoms with Gasteiger partial charge in [-0.05, 0) is 80.8 Å². The van der Waals surface area contributed by atoms with Crippen LogP contribution in [0.2, 0.25) is 15.1 Å². The molecule has 1 aliphatic rings. The molecule has 3 aromatic carbocycles. The molecule has 7 nitrogen and oxygen atoms in total. The molecule has 4 rings (SSSR count). The number of halogens is 3. The van der Waals surface area contributed by atoms with Crippen LogP contribution in [0.1, 0.15) is 50.2 Å². The van der Waals surface area contributed by atoms with E-state index in [1.165, 1.54) is 29.2 Å². The van der Waals surface area contributed by atoms with Gasteiger partial charge in [-0.15, -0.1) is 0 Å². The van der Waals surface area contributed by atoms with Crippen LogP contribution in [-0.4, -0.2) is 43.8 Å². The Bertz CT molecular complexity index is 1510. The number of sulfonamides is 1. The first-order chi connectivity index (χ1) is 20.0. The van der Waals surface area contributed by atoms with Crippen molar-refractivity contribution in [3.8, 4) is 0 Å². The van der Waals surface area contributed by atoms with Crippen LogP contribution in [0.5, 0.6) is 0 Å². The number of hydrogen-bond donors (Lipinski definition) is 1. The van der Waals surface area contributed by atoms with E-state index in [1.54, 1.807) is 49.4 Å². The maximum absolute atomic E-state index is 14.1. The summed E-state index contributed by atoms with van der Waals surface area (Å²) in [6.07, 6.45) is 4.98. The molecule has 42 heavy (non-hydrogen) atoms. The highest BCUT2D eigenvalue weighted by Crippen LogP contribution is 2.27. The lowest BCUT2D eigenvalue weighted by molar-refractivity contribution is -0.139. The first-order valence-corrected chi connectivity index (χ1v) is 16.4. The van der Waals surface area contributed by atoms with Gasteiger partial charge in [-0.2, -0.15) is 0 Å². The Morgan fingerprint density at radius 1 is 0.905 bits per heavy atom. The summed E-state index contributed by atoms with van der Waals surface area (Å²) in [6, 6.07) is 16.7. The average Bonchev–Trinajstić information content (AvgIpc) is 2.96. The molecular weight excluding hydrogens is 617 g/mol. The molecule has 0 radical (unpaired) electrons. The van der Waals surface area contributed by atoms with Gasteiger partial charge in [0.15, 0.2) is 0 Å². The van der Waals surface area contributed by atoms with Gasteiger partial charge in [0, 0.05) is 27.7 Å². The molecule has 224 valence electrons. The minimum atomic E-state index is -4.18. The van der Waals surface area contributed by atoms with Crippen LogP contribution in [-0.2, 0) is 26.2 Å². The molecule has 0 aliphatic heterocycles. The Morgan fingerprint density at radius 2 is 1.52 bits per heavy atom. The van der Waals surface area contributed by atoms with Crippen LogP contribution >= 0.6 is 34.8 Å². The fraction of sp³-hybridized carbons (Fsp3) is 0.355. The molecular formula is C31H34Cl3N3O4S. The zero-order chi connectivity index (χ0) is 30.4. The van der Waals surface area contributed by atoms with Gasteiger partial charge in [0.25, 0.3) is 10.0 Å². The Balaban J connectivity index is 1.69. The molecule has 1 aliphatic carbocycles. The summed E-state index contributed by atoms with van der Waals surface area (Å²) in [5.41, 5.74) is 1.82. The van der Waals surface area contributed by atoms with E-state index in [0.717, 1.165) is 42.0 Å². The molecule has 3 aromatic rings. The summed E-state index contributed by atoms with van der Waals surface area (Å²) in [5, 5.41) is 4.24. The highest BCUT2D eigenvalue weighted by molar-refractivity contribution is 7.92. The van der Waals surface area contributed by atoms with E-state index < -0.39 is 28.5 Å². The van der Waals surface area contributed by atoms with E-state index in [9.17, 15) is 18.0 Å². The van der Waals surface area contributed by atoms with Crippen molar-refractivity contribution in [1.29, 1.82) is 0 Å². The van der Waals surface area contributed by atoms with Crippen molar-refractivity contribution in [3.63, 3.8) is 0 Å². The fourth-order valence-corrected chi connectivity index (χ4v) is 6.97. The third kappa shape index (κ3) is 7.98. The van der Waals surface area contributed by atoms with Crippen molar-refractivity contribution in [2.45, 2.75) is 69.5 Å². The highest BCUT2D eigenvalue weighted by Gasteiger charge is 2.33. The average molecular weight is 651 g/mol. The summed E-state index contributed by atoms with van der Waals surface area (Å²) in [4.78, 5) is 28.9. The van der Waals surface area contributed by atoms with Gasteiger partial charge in [0.2, 0.25) is 11.8 Å². The van der Waals surface area contributed by atoms with E-state index >= 15 is 0 Å². The maximum atomic E-state index is 14.1. The van der Waals surface area contributed by atoms with Crippen LogP contribution in [0.3, 0.4) is 0 Å². The molecule has 11 heteroatoms. The molecule has 0 aromatic heterocycles. The molecule has 0 spiro atoms. The van der Waals surface area contributed by atoms with Crippen molar-refractivity contribution < 1.29 is 18.0 Å². The Hall–Kier alpha value is -2.78. The molecule has 0 heterocycles. The minimum Gasteiger partial charge on any atom is -0.352 e. The van der Waals surface area contributed by atoms with Gasteiger partial charge in [-0.3, -0.25) is 13.9 Å². The molecule has 1 N–H and O–H groups in total. The molecule has 1 unspecified atom stereocenters. The number of amides is 2. The first-order valence-electron chi connectivity index (χ1n) is 13.8. The molecule has 1 fully saturated rings. The zero-order valence-electron chi connectivity index (χ0n) is 23.5. The van der Waals surface area contributed by atoms with Gasteiger partial charge >= 0.3 is 0 Å². The number of carbonyl (C=O) groups is 2. The normalized spacial score (nSPS) is 14.7. The van der Waals surface area contributed by atoms with Crippen molar-refractivity contribution in [1.82, 2.24) is 10.2 Å². The standard InChI is InChI=1S/C31H34Cl3N3O4S/c1-21-8-14-27(15-9-21)37(42(40,41)28-16-12-24(32)13-17-28)20-30(38)36(19-23-10-11-25(33)18-29(23)34)22(2)31(39)35-26-6-4-3-5-7-26/h8-18,22,26H,3-7,19-20H2,1-2H3,(H,35,39). The topological polar surface area (TPSA) is 86.8 Å². The smallest absolute Gasteiger partial charge is 0.264 e. The largest absolute Gasteiger partial charge is 0.352 e. The van der Waals surface area contributed by atoms with E-state index in [2.05, 4.69) is 5.32 Å². The number of aryl methyl sites for hydroxylation is 1. The second-order valence-corrected chi connectivity index (χ2v) is 13.7. The summed E-state index contributed by atoms with van der Waals surface area (Å²) < 4.78 is 28.9. The predicted molar refractivity (Wildman–Crippen MR) is 169 cm³/mol. The van der Waals surface area contributed by atoms with Gasteiger partial charge in [0.05, 0.1) is 10.6 Å². The number of carbonyl (C=O) groups excluding carboxylic acids is 2. The molecule has 0 bridgehead atoms. The quantitative estimate of drug-likeness (QED) is 0.256. The Kier molecular flexibility index (Phi) is 10.8. The van der Waals surface area contributed by atoms with Crippen LogP contribution < -0.4 is 9.62 Å². The lowest BCUT2D eigenvalue weighted by atomic mass is 9.95. The van der Waals surface area contributed by atoms with Gasteiger partial charge in [-0.1, -0.05) is 77.8 Å². The second-order valence-electron chi connectivity index (χ2n) is 10.6. The predicted octanol–water partition coefficient (Wildman–Crippen LogP) is 7.02. The summed E-state index contributed by atoms with van der Waals surface area (Å²) in [7, 11) is -4.18. The van der Waals surface area contributed by atoms with Crippen molar-refractivity contribution >= 4 is 62.3 Å². The van der Waals surface area contributed by atoms with E-state index in [0.29, 0.717) is 26.3 Å². The zero-order valence-corrected chi connectivity index (χ0v) is 26.6. The third-order valence-electron chi connectivity index (χ3n) is 7.48. The molecule has 0 saturated heterocycles. The van der Waals surface area contributed by atoms with Crippen molar-refractivity contribution in [2.24, 2.45) is 0 Å². The lowest BCUT2D eigenvalue weighted by Gasteiger charge is -2.33. The summed E-state index contributed by atoms with van der Waals surface area (Å²) in [6.45, 7) is 2.97. The maximum Gasteiger partial charge on any atom is 0.264 e. The SMILES string of the molecule is Cc1ccc(N(CC(=O)N(Cc2ccc(Cl)cc2Cl)C(C)C(=O)NC2CCCCC2)S(=O)(=O)c2ccc(Cl)cc2)cc1. The van der Waals surface area contributed by atoms with Gasteiger partial charge < -0.3 is 10.2 Å². The summed E-state index contributed by atoms with van der Waals surface area (Å²) >= 11 is 18.6. The van der Waals surface area contributed by atoms with E-state index in [4.69, 9.17) is 34.8 Å². The Morgan fingerprint density at radius 3 is 2.14 bits per heavy atom. The van der Waals surface area contributed by atoms with Gasteiger partial charge in [-0.25, -0.2) is 8.42 Å². The first kappa shape index (κ1) is 32.1. The minimum absolute atomic E-state index is 0.0170. The number of rotatable bonds is 10.